The summed E-state index contributed by atoms with van der Waals surface area (Å²) in [5, 5.41) is 12.3. The monoisotopic (exact) mass is 934 g/mol. The molecule has 7 aliphatic rings. The van der Waals surface area contributed by atoms with E-state index in [4.69, 9.17) is 9.72 Å². The van der Waals surface area contributed by atoms with Crippen LogP contribution in [0.25, 0.3) is 10.9 Å². The molecule has 356 valence electrons. The number of piperidine rings is 3. The molecule has 3 unspecified atom stereocenters. The lowest BCUT2D eigenvalue weighted by Crippen LogP contribution is -2.69. The third-order valence-corrected chi connectivity index (χ3v) is 15.0. The van der Waals surface area contributed by atoms with Crippen LogP contribution < -0.4 is 30.9 Å². The van der Waals surface area contributed by atoms with E-state index in [2.05, 4.69) is 59.1 Å². The fourth-order valence-corrected chi connectivity index (χ4v) is 10.9. The lowest BCUT2D eigenvalue weighted by molar-refractivity contribution is -0.137. The molecule has 5 amide bonds. The smallest absolute Gasteiger partial charge is 0.256 e. The Morgan fingerprint density at radius 3 is 2.29 bits per heavy atom. The van der Waals surface area contributed by atoms with Crippen molar-refractivity contribution in [2.75, 3.05) is 66.7 Å². The van der Waals surface area contributed by atoms with Gasteiger partial charge in [-0.2, -0.15) is 0 Å². The molecule has 12 rings (SSSR count). The summed E-state index contributed by atoms with van der Waals surface area (Å²) in [5.74, 6) is 0.591. The number of ether oxygens (including phenoxy) is 1. The van der Waals surface area contributed by atoms with Gasteiger partial charge in [-0.05, 0) is 142 Å². The van der Waals surface area contributed by atoms with E-state index >= 15 is 0 Å². The van der Waals surface area contributed by atoms with Crippen LogP contribution in [0.3, 0.4) is 0 Å². The molecule has 8 heterocycles. The number of hydrogen-bond acceptors (Lipinski definition) is 12. The zero-order chi connectivity index (χ0) is 47.2. The van der Waals surface area contributed by atoms with E-state index in [0.29, 0.717) is 72.2 Å². The third kappa shape index (κ3) is 9.20. The van der Waals surface area contributed by atoms with Gasteiger partial charge in [0.05, 0.1) is 11.1 Å². The maximum Gasteiger partial charge on any atom is 0.256 e. The number of nitrogens with zero attached hydrogens (tertiary/aromatic N) is 6. The molecule has 5 aromatic rings. The van der Waals surface area contributed by atoms with Gasteiger partial charge in [0.1, 0.15) is 34.6 Å². The SMILES string of the molecule is O=C1CCC(N2Cc3cc(NCCCN4CC5CC(C4)N5CC4CCN(c5ccc6c(Oc7ccc(NC(=O)C8(C(=O)Nc9ccc(F)cc9)CC8)cc7)ccnc6c5)CC4)ncc3C2=O)C(=O)N1. The van der Waals surface area contributed by atoms with E-state index < -0.39 is 29.1 Å². The van der Waals surface area contributed by atoms with Gasteiger partial charge in [0, 0.05) is 99.2 Å². The van der Waals surface area contributed by atoms with E-state index in [-0.39, 0.29) is 24.1 Å². The second kappa shape index (κ2) is 18.5. The summed E-state index contributed by atoms with van der Waals surface area (Å²) in [4.78, 5) is 81.8. The van der Waals surface area contributed by atoms with Gasteiger partial charge in [-0.25, -0.2) is 9.37 Å². The summed E-state index contributed by atoms with van der Waals surface area (Å²) in [6, 6.07) is 23.3. The van der Waals surface area contributed by atoms with Crippen molar-refractivity contribution < 1.29 is 33.1 Å². The van der Waals surface area contributed by atoms with Crippen LogP contribution >= 0.6 is 0 Å². The lowest BCUT2D eigenvalue weighted by atomic mass is 9.84. The number of benzene rings is 3. The first-order valence-corrected chi connectivity index (χ1v) is 24.2. The molecule has 4 N–H and O–H groups in total. The summed E-state index contributed by atoms with van der Waals surface area (Å²) in [7, 11) is 0. The van der Waals surface area contributed by atoms with Crippen LogP contribution in [0.15, 0.2) is 91.3 Å². The molecule has 69 heavy (non-hydrogen) atoms. The number of carbonyl (C=O) groups excluding carboxylic acids is 5. The molecule has 5 saturated heterocycles. The largest absolute Gasteiger partial charge is 0.457 e. The van der Waals surface area contributed by atoms with Crippen molar-refractivity contribution in [3.63, 3.8) is 0 Å². The predicted octanol–water partition coefficient (Wildman–Crippen LogP) is 6.16. The highest BCUT2D eigenvalue weighted by Crippen LogP contribution is 2.48. The molecule has 0 spiro atoms. The van der Waals surface area contributed by atoms with Crippen LogP contribution in [0.2, 0.25) is 0 Å². The Labute approximate surface area is 399 Å². The van der Waals surface area contributed by atoms with Crippen molar-refractivity contribution >= 4 is 63.3 Å². The number of pyridine rings is 2. The van der Waals surface area contributed by atoms with Crippen molar-refractivity contribution in [3.05, 3.63) is 108 Å². The van der Waals surface area contributed by atoms with E-state index in [1.165, 1.54) is 30.7 Å². The fraction of sp³-hybridized carbons (Fsp3) is 0.404. The molecular weight excluding hydrogens is 880 g/mol. The number of amides is 5. The number of halogens is 1. The van der Waals surface area contributed by atoms with E-state index in [1.54, 1.807) is 41.6 Å². The number of aromatic nitrogens is 2. The van der Waals surface area contributed by atoms with Crippen LogP contribution in [0.4, 0.5) is 27.3 Å². The van der Waals surface area contributed by atoms with Crippen molar-refractivity contribution in [1.82, 2.24) is 30.0 Å². The first kappa shape index (κ1) is 44.5. The fourth-order valence-electron chi connectivity index (χ4n) is 10.9. The number of carbonyl (C=O) groups is 5. The van der Waals surface area contributed by atoms with Crippen LogP contribution in [-0.4, -0.2) is 118 Å². The Hall–Kier alpha value is -6.98. The molecule has 6 aliphatic heterocycles. The maximum absolute atomic E-state index is 13.3. The first-order valence-electron chi connectivity index (χ1n) is 24.2. The zero-order valence-electron chi connectivity index (χ0n) is 38.3. The minimum absolute atomic E-state index is 0.211. The van der Waals surface area contributed by atoms with E-state index in [0.717, 1.165) is 93.0 Å². The third-order valence-electron chi connectivity index (χ3n) is 15.0. The van der Waals surface area contributed by atoms with Gasteiger partial charge in [-0.15, -0.1) is 0 Å². The van der Waals surface area contributed by atoms with Gasteiger partial charge in [0.25, 0.3) is 5.91 Å². The maximum atomic E-state index is 13.3. The Morgan fingerprint density at radius 2 is 1.58 bits per heavy atom. The minimum Gasteiger partial charge on any atom is -0.457 e. The average molecular weight is 935 g/mol. The molecule has 0 radical (unpaired) electrons. The van der Waals surface area contributed by atoms with Gasteiger partial charge in [0.2, 0.25) is 23.6 Å². The molecule has 6 fully saturated rings. The highest BCUT2D eigenvalue weighted by molar-refractivity contribution is 6.17. The Morgan fingerprint density at radius 1 is 0.855 bits per heavy atom. The van der Waals surface area contributed by atoms with Crippen molar-refractivity contribution in [2.45, 2.75) is 76.0 Å². The second-order valence-corrected chi connectivity index (χ2v) is 19.5. The molecule has 3 aromatic carbocycles. The van der Waals surface area contributed by atoms with Crippen LogP contribution in [-0.2, 0) is 25.7 Å². The number of imide groups is 1. The van der Waals surface area contributed by atoms with Crippen molar-refractivity contribution in [2.24, 2.45) is 11.3 Å². The summed E-state index contributed by atoms with van der Waals surface area (Å²) < 4.78 is 19.6. The summed E-state index contributed by atoms with van der Waals surface area (Å²) in [6.07, 6.45) is 9.39. The first-order chi connectivity index (χ1) is 33.5. The Bertz CT molecular complexity index is 2800. The van der Waals surface area contributed by atoms with E-state index in [9.17, 15) is 28.4 Å². The minimum atomic E-state index is -1.15. The molecule has 1 saturated carbocycles. The van der Waals surface area contributed by atoms with Gasteiger partial charge in [0.15, 0.2) is 0 Å². The number of fused-ring (bicyclic) bond motifs is 4. The van der Waals surface area contributed by atoms with Crippen LogP contribution in [0.5, 0.6) is 11.5 Å². The summed E-state index contributed by atoms with van der Waals surface area (Å²) in [6.45, 7) is 7.52. The van der Waals surface area contributed by atoms with Gasteiger partial charge in [-0.1, -0.05) is 0 Å². The Balaban J connectivity index is 0.607. The topological polar surface area (TPSA) is 181 Å². The average Bonchev–Trinajstić information content (AvgIpc) is 4.12. The predicted molar refractivity (Wildman–Crippen MR) is 257 cm³/mol. The Kier molecular flexibility index (Phi) is 11.9. The van der Waals surface area contributed by atoms with Gasteiger partial charge < -0.3 is 35.4 Å². The molecule has 16 nitrogen and oxygen atoms in total. The molecule has 17 heteroatoms. The van der Waals surface area contributed by atoms with Gasteiger partial charge in [-0.3, -0.25) is 39.2 Å². The molecule has 1 aliphatic carbocycles. The number of rotatable bonds is 15. The number of piperazine rings is 1. The molecular formula is C52H55FN10O6. The number of nitrogens with one attached hydrogen (secondary N) is 4. The second-order valence-electron chi connectivity index (χ2n) is 19.5. The molecule has 2 bridgehead atoms. The quantitative estimate of drug-likeness (QED) is 0.0535. The highest BCUT2D eigenvalue weighted by Gasteiger charge is 2.56. The standard InChI is InChI=1S/C52H55FN10O6/c53-34-2-4-35(5-3-34)57-50(67)52(17-18-52)51(68)58-36-6-9-40(10-7-36)69-45-14-20-54-43-26-37(8-11-41(43)45)61-22-15-32(16-23-61)28-62-38-25-39(62)31-60(30-38)21-1-19-55-46-24-33-29-63(49(66)42(33)27-56-46)44-12-13-47(64)59-48(44)65/h2-11,14,20,24,26-27,32,38-39,44H,1,12-13,15-19,21-23,25,28-31H2,(H,55,56)(H,57,67)(H,58,68)(H,59,64,65). The van der Waals surface area contributed by atoms with Crippen molar-refractivity contribution in [1.29, 1.82) is 0 Å². The van der Waals surface area contributed by atoms with Crippen molar-refractivity contribution in [3.8, 4) is 11.5 Å². The molecule has 2 aromatic heterocycles. The number of anilines is 4. The van der Waals surface area contributed by atoms with E-state index in [1.807, 2.05) is 12.1 Å². The van der Waals surface area contributed by atoms with Crippen LogP contribution in [0.1, 0.15) is 67.3 Å². The number of hydrogen-bond donors (Lipinski definition) is 4. The zero-order valence-corrected chi connectivity index (χ0v) is 38.3. The highest BCUT2D eigenvalue weighted by atomic mass is 19.1. The van der Waals surface area contributed by atoms with Crippen LogP contribution in [0, 0.1) is 17.2 Å². The summed E-state index contributed by atoms with van der Waals surface area (Å²) >= 11 is 0. The molecule has 3 atom stereocenters. The van der Waals surface area contributed by atoms with Gasteiger partial charge >= 0.3 is 0 Å². The summed E-state index contributed by atoms with van der Waals surface area (Å²) in [5.41, 5.74) is 3.23. The lowest BCUT2D eigenvalue weighted by Gasteiger charge is -2.57. The normalized spacial score (nSPS) is 22.2.